The lowest BCUT2D eigenvalue weighted by Gasteiger charge is -2.19. The fourth-order valence-electron chi connectivity index (χ4n) is 3.86. The van der Waals surface area contributed by atoms with Crippen LogP contribution in [0.3, 0.4) is 0 Å². The summed E-state index contributed by atoms with van der Waals surface area (Å²) in [4.78, 5) is 0. The fourth-order valence-corrected chi connectivity index (χ4v) is 5.07. The topological polar surface area (TPSA) is 173 Å². The Morgan fingerprint density at radius 1 is 0.647 bits per heavy atom. The summed E-state index contributed by atoms with van der Waals surface area (Å²) < 4.78 is 61.4. The highest BCUT2D eigenvalue weighted by Gasteiger charge is 2.17. The average Bonchev–Trinajstić information content (AvgIpc) is 2.63. The van der Waals surface area contributed by atoms with E-state index in [0.717, 1.165) is 44.8 Å². The molecule has 0 aromatic heterocycles. The van der Waals surface area contributed by atoms with Gasteiger partial charge in [-0.3, -0.25) is 9.11 Å². The number of aliphatic hydroxyl groups excluding tert-OH is 2. The number of rotatable bonds is 11. The molecule has 0 bridgehead atoms. The molecule has 0 spiro atoms. The van der Waals surface area contributed by atoms with E-state index < -0.39 is 43.9 Å². The van der Waals surface area contributed by atoms with E-state index in [4.69, 9.17) is 9.11 Å². The lowest BCUT2D eigenvalue weighted by Crippen LogP contribution is -2.28. The second kappa shape index (κ2) is 11.0. The van der Waals surface area contributed by atoms with Crippen LogP contribution in [0.1, 0.15) is 22.3 Å². The Labute approximate surface area is 200 Å². The van der Waals surface area contributed by atoms with Gasteiger partial charge in [-0.25, -0.2) is 0 Å². The summed E-state index contributed by atoms with van der Waals surface area (Å²) in [5.41, 5.74) is 6.97. The van der Waals surface area contributed by atoms with Crippen LogP contribution in [0.4, 0.5) is 11.4 Å². The first-order valence-electron chi connectivity index (χ1n) is 10.5. The molecule has 0 aliphatic rings. The summed E-state index contributed by atoms with van der Waals surface area (Å²) in [6.45, 7) is 7.48. The van der Waals surface area contributed by atoms with Crippen molar-refractivity contribution in [1.82, 2.24) is 0 Å². The van der Waals surface area contributed by atoms with Crippen LogP contribution in [0.5, 0.6) is 0 Å². The van der Waals surface area contributed by atoms with E-state index in [1.807, 2.05) is 52.0 Å². The van der Waals surface area contributed by atoms with Crippen LogP contribution in [0.2, 0.25) is 0 Å². The van der Waals surface area contributed by atoms with E-state index in [0.29, 0.717) is 0 Å². The van der Waals surface area contributed by atoms with Gasteiger partial charge in [0.15, 0.2) is 0 Å². The minimum atomic E-state index is -4.27. The van der Waals surface area contributed by atoms with Crippen LogP contribution in [0, 0.1) is 27.7 Å². The fraction of sp³-hybridized carbons (Fsp3) is 0.455. The van der Waals surface area contributed by atoms with Crippen molar-refractivity contribution in [3.05, 3.63) is 46.5 Å². The first kappa shape index (κ1) is 28.0. The third-order valence-electron chi connectivity index (χ3n) is 5.23. The first-order valence-corrected chi connectivity index (χ1v) is 13.7. The highest BCUT2D eigenvalue weighted by molar-refractivity contribution is 7.86. The summed E-state index contributed by atoms with van der Waals surface area (Å²) in [5, 5.41) is 25.7. The van der Waals surface area contributed by atoms with Gasteiger partial charge in [-0.1, -0.05) is 0 Å². The van der Waals surface area contributed by atoms with Crippen molar-refractivity contribution in [3.8, 4) is 11.1 Å². The number of benzene rings is 2. The van der Waals surface area contributed by atoms with E-state index >= 15 is 0 Å². The summed E-state index contributed by atoms with van der Waals surface area (Å²) in [6, 6.07) is 7.84. The third kappa shape index (κ3) is 8.53. The van der Waals surface area contributed by atoms with Gasteiger partial charge < -0.3 is 20.8 Å². The number of nitrogens with one attached hydrogen (secondary N) is 2. The van der Waals surface area contributed by atoms with Gasteiger partial charge >= 0.3 is 0 Å². The van der Waals surface area contributed by atoms with Crippen molar-refractivity contribution in [3.63, 3.8) is 0 Å². The van der Waals surface area contributed by atoms with Crippen LogP contribution in [0.15, 0.2) is 24.3 Å². The van der Waals surface area contributed by atoms with Crippen molar-refractivity contribution in [2.45, 2.75) is 39.9 Å². The number of hydrogen-bond acceptors (Lipinski definition) is 8. The Hall–Kier alpha value is -2.22. The van der Waals surface area contributed by atoms with Crippen LogP contribution in [-0.2, 0) is 20.2 Å². The van der Waals surface area contributed by atoms with Crippen LogP contribution in [-0.4, -0.2) is 73.0 Å². The lowest BCUT2D eigenvalue weighted by molar-refractivity contribution is 0.207. The maximum absolute atomic E-state index is 10.9. The van der Waals surface area contributed by atoms with Gasteiger partial charge in [0.1, 0.15) is 11.5 Å². The Kier molecular flexibility index (Phi) is 9.08. The van der Waals surface area contributed by atoms with Gasteiger partial charge in [-0.05, 0) is 85.3 Å². The molecule has 0 saturated carbocycles. The van der Waals surface area contributed by atoms with Gasteiger partial charge in [0.2, 0.25) is 0 Å². The molecule has 2 unspecified atom stereocenters. The zero-order chi connectivity index (χ0) is 25.8. The molecule has 2 aromatic rings. The van der Waals surface area contributed by atoms with Gasteiger partial charge in [-0.2, -0.15) is 16.8 Å². The molecule has 6 N–H and O–H groups in total. The number of aliphatic hydroxyl groups is 2. The normalized spacial score (nSPS) is 14.0. The molecule has 34 heavy (non-hydrogen) atoms. The quantitative estimate of drug-likeness (QED) is 0.242. The summed E-state index contributed by atoms with van der Waals surface area (Å²) in [7, 11) is -8.53. The number of anilines is 2. The molecule has 2 atom stereocenters. The molecular formula is C22H32N2O8S2. The molecule has 0 saturated heterocycles. The Morgan fingerprint density at radius 2 is 0.912 bits per heavy atom. The molecule has 0 amide bonds. The van der Waals surface area contributed by atoms with E-state index in [9.17, 15) is 27.0 Å². The van der Waals surface area contributed by atoms with Crippen molar-refractivity contribution >= 4 is 31.6 Å². The minimum Gasteiger partial charge on any atom is -0.390 e. The Balaban J connectivity index is 2.19. The van der Waals surface area contributed by atoms with Crippen molar-refractivity contribution in [2.24, 2.45) is 0 Å². The maximum atomic E-state index is 10.9. The largest absolute Gasteiger partial charge is 0.390 e. The van der Waals surface area contributed by atoms with Crippen LogP contribution < -0.4 is 10.6 Å². The van der Waals surface area contributed by atoms with Gasteiger partial charge in [0.25, 0.3) is 20.2 Å². The zero-order valence-electron chi connectivity index (χ0n) is 19.5. The number of hydrogen-bond donors (Lipinski definition) is 6. The predicted molar refractivity (Wildman–Crippen MR) is 133 cm³/mol. The molecule has 12 heteroatoms. The molecule has 0 aliphatic carbocycles. The SMILES string of the molecule is Cc1cc(-c2cc(C)c(NCC(O)CS(=O)(=O)O)c(C)c2)cc(C)c1NCC(O)CS(=O)(=O)O. The lowest BCUT2D eigenvalue weighted by atomic mass is 9.95. The summed E-state index contributed by atoms with van der Waals surface area (Å²) in [6.07, 6.45) is -2.51. The maximum Gasteiger partial charge on any atom is 0.267 e. The molecule has 2 aromatic carbocycles. The van der Waals surface area contributed by atoms with Crippen LogP contribution in [0.25, 0.3) is 11.1 Å². The number of aryl methyl sites for hydroxylation is 4. The molecule has 10 nitrogen and oxygen atoms in total. The van der Waals surface area contributed by atoms with E-state index in [1.54, 1.807) is 0 Å². The van der Waals surface area contributed by atoms with Gasteiger partial charge in [0.05, 0.1) is 12.2 Å². The van der Waals surface area contributed by atoms with Crippen molar-refractivity contribution < 1.29 is 36.2 Å². The first-order chi connectivity index (χ1) is 15.6. The van der Waals surface area contributed by atoms with E-state index in [-0.39, 0.29) is 13.1 Å². The predicted octanol–water partition coefficient (Wildman–Crippen LogP) is 1.91. The van der Waals surface area contributed by atoms with Crippen molar-refractivity contribution in [2.75, 3.05) is 35.2 Å². The molecule has 0 aliphatic heterocycles. The standard InChI is InChI=1S/C22H32N2O8S2/c1-13-5-17(6-14(2)21(13)23-9-19(25)11-33(27,28)29)18-7-15(3)22(16(4)8-18)24-10-20(26)12-34(30,31)32/h5-8,19-20,23-26H,9-12H2,1-4H3,(H,27,28,29)(H,30,31,32). The molecule has 0 fully saturated rings. The van der Waals surface area contributed by atoms with E-state index in [2.05, 4.69) is 10.6 Å². The smallest absolute Gasteiger partial charge is 0.267 e. The second-order valence-electron chi connectivity index (χ2n) is 8.54. The second-order valence-corrected chi connectivity index (χ2v) is 11.5. The zero-order valence-corrected chi connectivity index (χ0v) is 21.2. The van der Waals surface area contributed by atoms with Gasteiger partial charge in [-0.15, -0.1) is 0 Å². The molecular weight excluding hydrogens is 484 g/mol. The molecule has 0 radical (unpaired) electrons. The summed E-state index contributed by atoms with van der Waals surface area (Å²) >= 11 is 0. The molecule has 2 rings (SSSR count). The molecule has 0 heterocycles. The monoisotopic (exact) mass is 516 g/mol. The van der Waals surface area contributed by atoms with Crippen molar-refractivity contribution in [1.29, 1.82) is 0 Å². The Bertz CT molecular complexity index is 1100. The third-order valence-corrected chi connectivity index (χ3v) is 6.85. The van der Waals surface area contributed by atoms with E-state index in [1.165, 1.54) is 0 Å². The summed E-state index contributed by atoms with van der Waals surface area (Å²) in [5.74, 6) is -1.50. The Morgan fingerprint density at radius 3 is 1.15 bits per heavy atom. The average molecular weight is 517 g/mol. The minimum absolute atomic E-state index is 0.0389. The molecule has 190 valence electrons. The van der Waals surface area contributed by atoms with Gasteiger partial charge in [0, 0.05) is 24.5 Å². The highest BCUT2D eigenvalue weighted by atomic mass is 32.2. The van der Waals surface area contributed by atoms with Crippen LogP contribution >= 0.6 is 0 Å². The highest BCUT2D eigenvalue weighted by Crippen LogP contribution is 2.32.